The molecule has 4 atom stereocenters. The SMILES string of the molecule is Cc1nn(C)c(C)c1NC(=O)COC(=O)CC12C[C@@H]3C[C@@H](CC(O)(C3)C1)C2. The molecule has 0 aliphatic heterocycles. The fourth-order valence-corrected chi connectivity index (χ4v) is 6.24. The highest BCUT2D eigenvalue weighted by molar-refractivity contribution is 5.93. The molecule has 1 aromatic rings. The van der Waals surface area contributed by atoms with Crippen LogP contribution in [0.4, 0.5) is 5.69 Å². The highest BCUT2D eigenvalue weighted by Crippen LogP contribution is 2.62. The second-order valence-electron chi connectivity index (χ2n) is 9.24. The van der Waals surface area contributed by atoms with Crippen LogP contribution in [0.3, 0.4) is 0 Å². The number of nitrogens with one attached hydrogen (secondary N) is 1. The van der Waals surface area contributed by atoms with Gasteiger partial charge in [-0.3, -0.25) is 14.3 Å². The fraction of sp³-hybridized carbons (Fsp3) is 0.750. The van der Waals surface area contributed by atoms with E-state index in [-0.39, 0.29) is 23.9 Å². The van der Waals surface area contributed by atoms with E-state index in [9.17, 15) is 14.7 Å². The first-order valence-electron chi connectivity index (χ1n) is 9.85. The van der Waals surface area contributed by atoms with Crippen LogP contribution in [0.25, 0.3) is 0 Å². The van der Waals surface area contributed by atoms with Crippen LogP contribution in [-0.4, -0.2) is 39.0 Å². The number of rotatable bonds is 5. The molecule has 0 radical (unpaired) electrons. The molecule has 0 aromatic carbocycles. The van der Waals surface area contributed by atoms with Crippen molar-refractivity contribution in [3.05, 3.63) is 11.4 Å². The van der Waals surface area contributed by atoms with Gasteiger partial charge >= 0.3 is 5.97 Å². The van der Waals surface area contributed by atoms with Gasteiger partial charge in [0.1, 0.15) is 0 Å². The van der Waals surface area contributed by atoms with Gasteiger partial charge in [-0.2, -0.15) is 5.10 Å². The van der Waals surface area contributed by atoms with Crippen molar-refractivity contribution >= 4 is 17.6 Å². The molecule has 5 rings (SSSR count). The molecular weight excluding hydrogens is 346 g/mol. The van der Waals surface area contributed by atoms with E-state index >= 15 is 0 Å². The molecular formula is C20H29N3O4. The molecule has 27 heavy (non-hydrogen) atoms. The Morgan fingerprint density at radius 2 is 1.93 bits per heavy atom. The molecule has 4 aliphatic carbocycles. The van der Waals surface area contributed by atoms with Gasteiger partial charge in [0, 0.05) is 7.05 Å². The second-order valence-corrected chi connectivity index (χ2v) is 9.24. The molecule has 4 saturated carbocycles. The van der Waals surface area contributed by atoms with Crippen molar-refractivity contribution in [3.63, 3.8) is 0 Å². The van der Waals surface area contributed by atoms with Crippen molar-refractivity contribution in [2.75, 3.05) is 11.9 Å². The molecule has 4 bridgehead atoms. The molecule has 4 fully saturated rings. The first-order valence-corrected chi connectivity index (χ1v) is 9.85. The Balaban J connectivity index is 1.32. The Labute approximate surface area is 159 Å². The van der Waals surface area contributed by atoms with Gasteiger partial charge in [-0.25, -0.2) is 0 Å². The summed E-state index contributed by atoms with van der Waals surface area (Å²) in [5.74, 6) is 0.370. The third kappa shape index (κ3) is 3.49. The summed E-state index contributed by atoms with van der Waals surface area (Å²) in [4.78, 5) is 24.6. The van der Waals surface area contributed by atoms with E-state index in [4.69, 9.17) is 4.74 Å². The number of nitrogens with zero attached hydrogens (tertiary/aromatic N) is 2. The number of carbonyl (C=O) groups is 2. The summed E-state index contributed by atoms with van der Waals surface area (Å²) in [5, 5.41) is 17.8. The van der Waals surface area contributed by atoms with Gasteiger partial charge < -0.3 is 15.2 Å². The largest absolute Gasteiger partial charge is 0.456 e. The summed E-state index contributed by atoms with van der Waals surface area (Å²) in [5.41, 5.74) is 1.53. The van der Waals surface area contributed by atoms with Crippen LogP contribution in [0.2, 0.25) is 0 Å². The van der Waals surface area contributed by atoms with Crippen LogP contribution in [0.5, 0.6) is 0 Å². The maximum atomic E-state index is 12.4. The first kappa shape index (κ1) is 18.5. The van der Waals surface area contributed by atoms with Crippen LogP contribution in [0.1, 0.15) is 56.3 Å². The minimum atomic E-state index is -0.586. The van der Waals surface area contributed by atoms with E-state index in [2.05, 4.69) is 10.4 Å². The molecule has 1 aromatic heterocycles. The lowest BCUT2D eigenvalue weighted by Crippen LogP contribution is -2.56. The molecule has 7 heteroatoms. The number of aryl methyl sites for hydroxylation is 2. The molecule has 4 aliphatic rings. The lowest BCUT2D eigenvalue weighted by Gasteiger charge is -2.60. The van der Waals surface area contributed by atoms with Crippen LogP contribution in [0.15, 0.2) is 0 Å². The predicted molar refractivity (Wildman–Crippen MR) is 99.0 cm³/mol. The Morgan fingerprint density at radius 1 is 1.26 bits per heavy atom. The fourth-order valence-electron chi connectivity index (χ4n) is 6.24. The number of aliphatic hydroxyl groups is 1. The minimum Gasteiger partial charge on any atom is -0.456 e. The van der Waals surface area contributed by atoms with Crippen molar-refractivity contribution in [3.8, 4) is 0 Å². The Bertz CT molecular complexity index is 770. The van der Waals surface area contributed by atoms with Gasteiger partial charge in [0.2, 0.25) is 0 Å². The standard InChI is InChI=1S/C20H29N3O4/c1-12-18(13(2)23(3)22-12)21-16(24)10-27-17(25)9-19-5-14-4-15(6-19)8-20(26,7-14)11-19/h14-15,26H,4-11H2,1-3H3,(H,21,24)/t14-,15+,19?,20?. The average Bonchev–Trinajstić information content (AvgIpc) is 2.76. The summed E-state index contributed by atoms with van der Waals surface area (Å²) in [6, 6.07) is 0. The number of aromatic nitrogens is 2. The number of ether oxygens (including phenoxy) is 1. The summed E-state index contributed by atoms with van der Waals surface area (Å²) in [6.07, 6.45) is 5.95. The quantitative estimate of drug-likeness (QED) is 0.770. The minimum absolute atomic E-state index is 0.136. The molecule has 1 amide bonds. The molecule has 0 saturated heterocycles. The zero-order valence-electron chi connectivity index (χ0n) is 16.4. The van der Waals surface area contributed by atoms with Gasteiger partial charge in [0.05, 0.1) is 29.1 Å². The van der Waals surface area contributed by atoms with Crippen molar-refractivity contribution in [1.29, 1.82) is 0 Å². The molecule has 1 heterocycles. The number of hydrogen-bond acceptors (Lipinski definition) is 5. The molecule has 7 nitrogen and oxygen atoms in total. The van der Waals surface area contributed by atoms with E-state index in [0.29, 0.717) is 30.4 Å². The first-order chi connectivity index (χ1) is 12.7. The monoisotopic (exact) mass is 375 g/mol. The number of hydrogen-bond donors (Lipinski definition) is 2. The highest BCUT2D eigenvalue weighted by Gasteiger charge is 2.57. The Kier molecular flexibility index (Phi) is 4.33. The summed E-state index contributed by atoms with van der Waals surface area (Å²) in [6.45, 7) is 3.41. The van der Waals surface area contributed by atoms with Crippen molar-refractivity contribution in [1.82, 2.24) is 9.78 Å². The normalized spacial score (nSPS) is 33.9. The number of carbonyl (C=O) groups excluding carboxylic acids is 2. The van der Waals surface area contributed by atoms with E-state index in [1.807, 2.05) is 20.9 Å². The zero-order chi connectivity index (χ0) is 19.4. The van der Waals surface area contributed by atoms with Gasteiger partial charge in [-0.1, -0.05) is 0 Å². The lowest BCUT2D eigenvalue weighted by atomic mass is 9.47. The Hall–Kier alpha value is -1.89. The van der Waals surface area contributed by atoms with Crippen molar-refractivity contribution in [2.24, 2.45) is 24.3 Å². The van der Waals surface area contributed by atoms with Crippen molar-refractivity contribution < 1.29 is 19.4 Å². The smallest absolute Gasteiger partial charge is 0.306 e. The highest BCUT2D eigenvalue weighted by atomic mass is 16.5. The average molecular weight is 375 g/mol. The van der Waals surface area contributed by atoms with Gasteiger partial charge in [0.15, 0.2) is 6.61 Å². The van der Waals surface area contributed by atoms with Crippen LogP contribution < -0.4 is 5.32 Å². The second kappa shape index (κ2) is 6.33. The third-order valence-electron chi connectivity index (χ3n) is 6.81. The Morgan fingerprint density at radius 3 is 2.48 bits per heavy atom. The lowest BCUT2D eigenvalue weighted by molar-refractivity contribution is -0.177. The molecule has 0 spiro atoms. The van der Waals surface area contributed by atoms with Gasteiger partial charge in [0.25, 0.3) is 5.91 Å². The topological polar surface area (TPSA) is 93.5 Å². The van der Waals surface area contributed by atoms with E-state index < -0.39 is 5.60 Å². The summed E-state index contributed by atoms with van der Waals surface area (Å²) >= 11 is 0. The summed E-state index contributed by atoms with van der Waals surface area (Å²) in [7, 11) is 1.82. The van der Waals surface area contributed by atoms with Gasteiger partial charge in [-0.15, -0.1) is 0 Å². The molecule has 2 N–H and O–H groups in total. The van der Waals surface area contributed by atoms with Gasteiger partial charge in [-0.05, 0) is 69.6 Å². The van der Waals surface area contributed by atoms with Crippen LogP contribution in [0, 0.1) is 31.1 Å². The third-order valence-corrected chi connectivity index (χ3v) is 6.81. The van der Waals surface area contributed by atoms with E-state index in [0.717, 1.165) is 37.1 Å². The number of esters is 1. The number of amides is 1. The van der Waals surface area contributed by atoms with Crippen LogP contribution in [-0.2, 0) is 21.4 Å². The zero-order valence-corrected chi connectivity index (χ0v) is 16.4. The number of anilines is 1. The van der Waals surface area contributed by atoms with Crippen molar-refractivity contribution in [2.45, 2.75) is 64.4 Å². The molecule has 2 unspecified atom stereocenters. The van der Waals surface area contributed by atoms with E-state index in [1.54, 1.807) is 4.68 Å². The summed E-state index contributed by atoms with van der Waals surface area (Å²) < 4.78 is 6.98. The maximum Gasteiger partial charge on any atom is 0.306 e. The predicted octanol–water partition coefficient (Wildman–Crippen LogP) is 2.24. The van der Waals surface area contributed by atoms with Crippen LogP contribution >= 0.6 is 0 Å². The van der Waals surface area contributed by atoms with E-state index in [1.165, 1.54) is 6.42 Å². The maximum absolute atomic E-state index is 12.4. The molecule has 148 valence electrons.